The van der Waals surface area contributed by atoms with Crippen LogP contribution in [0.2, 0.25) is 0 Å². The van der Waals surface area contributed by atoms with Gasteiger partial charge in [-0.2, -0.15) is 5.10 Å². The molecule has 0 saturated heterocycles. The van der Waals surface area contributed by atoms with Crippen LogP contribution >= 0.6 is 0 Å². The van der Waals surface area contributed by atoms with Gasteiger partial charge in [-0.3, -0.25) is 4.79 Å². The van der Waals surface area contributed by atoms with E-state index in [4.69, 9.17) is 14.2 Å². The van der Waals surface area contributed by atoms with Crippen molar-refractivity contribution in [2.45, 2.75) is 6.92 Å². The number of nitrogens with zero attached hydrogens (tertiary/aromatic N) is 1. The minimum Gasteiger partial charge on any atom is -0.493 e. The number of ether oxygens (including phenoxy) is 3. The quantitative estimate of drug-likeness (QED) is 0.654. The van der Waals surface area contributed by atoms with E-state index in [1.807, 2.05) is 25.1 Å². The summed E-state index contributed by atoms with van der Waals surface area (Å²) >= 11 is 0. The van der Waals surface area contributed by atoms with Gasteiger partial charge in [-0.15, -0.1) is 0 Å². The molecule has 0 unspecified atom stereocenters. The lowest BCUT2D eigenvalue weighted by Gasteiger charge is -2.12. The number of methoxy groups -OCH3 is 3. The predicted octanol–water partition coefficient (Wildman–Crippen LogP) is 2.78. The lowest BCUT2D eigenvalue weighted by molar-refractivity contribution is 0.0954. The van der Waals surface area contributed by atoms with E-state index < -0.39 is 0 Å². The van der Waals surface area contributed by atoms with Crippen molar-refractivity contribution in [2.24, 2.45) is 5.10 Å². The topological polar surface area (TPSA) is 69.2 Å². The molecule has 0 saturated carbocycles. The number of aryl methyl sites for hydroxylation is 1. The van der Waals surface area contributed by atoms with Crippen LogP contribution in [0, 0.1) is 6.92 Å². The Balaban J connectivity index is 2.17. The zero-order chi connectivity index (χ0) is 17.5. The fourth-order valence-electron chi connectivity index (χ4n) is 2.23. The smallest absolute Gasteiger partial charge is 0.271 e. The predicted molar refractivity (Wildman–Crippen MR) is 92.3 cm³/mol. The molecule has 0 aliphatic carbocycles. The SMILES string of the molecule is COc1cc(/C=N\NC(=O)c2ccccc2C)cc(OC)c1OC. The number of benzene rings is 2. The highest BCUT2D eigenvalue weighted by Crippen LogP contribution is 2.37. The van der Waals surface area contributed by atoms with Gasteiger partial charge in [0.2, 0.25) is 5.75 Å². The van der Waals surface area contributed by atoms with Crippen LogP contribution in [-0.4, -0.2) is 33.5 Å². The van der Waals surface area contributed by atoms with Crippen molar-refractivity contribution in [3.8, 4) is 17.2 Å². The van der Waals surface area contributed by atoms with Crippen molar-refractivity contribution in [3.05, 3.63) is 53.1 Å². The van der Waals surface area contributed by atoms with E-state index in [1.165, 1.54) is 27.5 Å². The number of hydrogen-bond acceptors (Lipinski definition) is 5. The van der Waals surface area contributed by atoms with Crippen LogP contribution < -0.4 is 19.6 Å². The second-order valence-electron chi connectivity index (χ2n) is 4.97. The van der Waals surface area contributed by atoms with Crippen molar-refractivity contribution in [1.29, 1.82) is 0 Å². The Morgan fingerprint density at radius 3 is 2.21 bits per heavy atom. The van der Waals surface area contributed by atoms with E-state index in [0.29, 0.717) is 28.4 Å². The summed E-state index contributed by atoms with van der Waals surface area (Å²) in [5.41, 5.74) is 4.68. The van der Waals surface area contributed by atoms with Crippen LogP contribution in [0.1, 0.15) is 21.5 Å². The standard InChI is InChI=1S/C18H20N2O4/c1-12-7-5-6-8-14(12)18(21)20-19-11-13-9-15(22-2)17(24-4)16(10-13)23-3/h5-11H,1-4H3,(H,20,21)/b19-11-. The van der Waals surface area contributed by atoms with Gasteiger partial charge in [0.25, 0.3) is 5.91 Å². The summed E-state index contributed by atoms with van der Waals surface area (Å²) in [5.74, 6) is 1.27. The summed E-state index contributed by atoms with van der Waals surface area (Å²) < 4.78 is 15.8. The summed E-state index contributed by atoms with van der Waals surface area (Å²) in [7, 11) is 4.62. The van der Waals surface area contributed by atoms with E-state index in [-0.39, 0.29) is 5.91 Å². The van der Waals surface area contributed by atoms with Crippen LogP contribution in [0.3, 0.4) is 0 Å². The first-order chi connectivity index (χ1) is 11.6. The van der Waals surface area contributed by atoms with E-state index >= 15 is 0 Å². The zero-order valence-electron chi connectivity index (χ0n) is 14.1. The van der Waals surface area contributed by atoms with E-state index in [0.717, 1.165) is 5.56 Å². The maximum absolute atomic E-state index is 12.1. The minimum atomic E-state index is -0.267. The first-order valence-corrected chi connectivity index (χ1v) is 7.29. The Labute approximate surface area is 141 Å². The Kier molecular flexibility index (Phi) is 5.78. The monoisotopic (exact) mass is 328 g/mol. The van der Waals surface area contributed by atoms with Gasteiger partial charge < -0.3 is 14.2 Å². The van der Waals surface area contributed by atoms with Crippen LogP contribution in [0.5, 0.6) is 17.2 Å². The molecule has 2 aromatic carbocycles. The van der Waals surface area contributed by atoms with E-state index in [2.05, 4.69) is 10.5 Å². The van der Waals surface area contributed by atoms with Crippen molar-refractivity contribution < 1.29 is 19.0 Å². The van der Waals surface area contributed by atoms with Crippen LogP contribution in [0.4, 0.5) is 0 Å². The number of hydrogen-bond donors (Lipinski definition) is 1. The molecule has 126 valence electrons. The van der Waals surface area contributed by atoms with Crippen molar-refractivity contribution >= 4 is 12.1 Å². The highest BCUT2D eigenvalue weighted by molar-refractivity contribution is 5.96. The molecule has 2 rings (SSSR count). The molecule has 0 spiro atoms. The molecule has 0 aliphatic rings. The molecule has 0 fully saturated rings. The third kappa shape index (κ3) is 3.84. The van der Waals surface area contributed by atoms with Crippen molar-refractivity contribution in [1.82, 2.24) is 5.43 Å². The average molecular weight is 328 g/mol. The van der Waals surface area contributed by atoms with E-state index in [1.54, 1.807) is 18.2 Å². The summed E-state index contributed by atoms with van der Waals surface area (Å²) in [4.78, 5) is 12.1. The second kappa shape index (κ2) is 8.01. The molecular formula is C18H20N2O4. The molecule has 6 nitrogen and oxygen atoms in total. The number of carbonyl (C=O) groups excluding carboxylic acids is 1. The van der Waals surface area contributed by atoms with Gasteiger partial charge in [-0.25, -0.2) is 5.43 Å². The van der Waals surface area contributed by atoms with Crippen molar-refractivity contribution in [3.63, 3.8) is 0 Å². The Hall–Kier alpha value is -3.02. The van der Waals surface area contributed by atoms with Gasteiger partial charge >= 0.3 is 0 Å². The number of carbonyl (C=O) groups is 1. The molecule has 0 heterocycles. The third-order valence-electron chi connectivity index (χ3n) is 3.46. The fourth-order valence-corrected chi connectivity index (χ4v) is 2.23. The molecular weight excluding hydrogens is 308 g/mol. The number of nitrogens with one attached hydrogen (secondary N) is 1. The van der Waals surface area contributed by atoms with Gasteiger partial charge in [0.1, 0.15) is 0 Å². The lowest BCUT2D eigenvalue weighted by Crippen LogP contribution is -2.18. The van der Waals surface area contributed by atoms with E-state index in [9.17, 15) is 4.79 Å². The number of rotatable bonds is 6. The lowest BCUT2D eigenvalue weighted by atomic mass is 10.1. The molecule has 0 bridgehead atoms. The largest absolute Gasteiger partial charge is 0.493 e. The molecule has 0 atom stereocenters. The zero-order valence-corrected chi connectivity index (χ0v) is 14.1. The summed E-state index contributed by atoms with van der Waals surface area (Å²) in [6, 6.07) is 10.8. The normalized spacial score (nSPS) is 10.5. The minimum absolute atomic E-state index is 0.267. The summed E-state index contributed by atoms with van der Waals surface area (Å²) in [5, 5.41) is 3.99. The molecule has 0 radical (unpaired) electrons. The highest BCUT2D eigenvalue weighted by Gasteiger charge is 2.12. The average Bonchev–Trinajstić information content (AvgIpc) is 2.60. The highest BCUT2D eigenvalue weighted by atomic mass is 16.5. The molecule has 24 heavy (non-hydrogen) atoms. The molecule has 0 aromatic heterocycles. The molecule has 0 aliphatic heterocycles. The molecule has 1 N–H and O–H groups in total. The summed E-state index contributed by atoms with van der Waals surface area (Å²) in [6.07, 6.45) is 1.51. The first kappa shape index (κ1) is 17.3. The van der Waals surface area contributed by atoms with Gasteiger partial charge in [-0.05, 0) is 30.7 Å². The molecule has 6 heteroatoms. The summed E-state index contributed by atoms with van der Waals surface area (Å²) in [6.45, 7) is 1.87. The fraction of sp³-hybridized carbons (Fsp3) is 0.222. The van der Waals surface area contributed by atoms with Crippen LogP contribution in [-0.2, 0) is 0 Å². The number of amides is 1. The Morgan fingerprint density at radius 1 is 1.04 bits per heavy atom. The van der Waals surface area contributed by atoms with Crippen molar-refractivity contribution in [2.75, 3.05) is 21.3 Å². The van der Waals surface area contributed by atoms with Crippen LogP contribution in [0.15, 0.2) is 41.5 Å². The van der Waals surface area contributed by atoms with Gasteiger partial charge in [-0.1, -0.05) is 18.2 Å². The van der Waals surface area contributed by atoms with Gasteiger partial charge in [0.05, 0.1) is 27.5 Å². The maximum atomic E-state index is 12.1. The first-order valence-electron chi connectivity index (χ1n) is 7.29. The second-order valence-corrected chi connectivity index (χ2v) is 4.97. The maximum Gasteiger partial charge on any atom is 0.271 e. The van der Waals surface area contributed by atoms with Gasteiger partial charge in [0.15, 0.2) is 11.5 Å². The van der Waals surface area contributed by atoms with Gasteiger partial charge in [0, 0.05) is 11.1 Å². The Bertz CT molecular complexity index is 731. The third-order valence-corrected chi connectivity index (χ3v) is 3.46. The molecule has 2 aromatic rings. The Morgan fingerprint density at radius 2 is 1.67 bits per heavy atom. The number of hydrazone groups is 1. The van der Waals surface area contributed by atoms with Crippen LogP contribution in [0.25, 0.3) is 0 Å². The molecule has 1 amide bonds.